The zero-order valence-corrected chi connectivity index (χ0v) is 17.4. The molecule has 0 saturated heterocycles. The van der Waals surface area contributed by atoms with Crippen molar-refractivity contribution < 1.29 is 14.3 Å². The first-order chi connectivity index (χ1) is 13.5. The van der Waals surface area contributed by atoms with Crippen LogP contribution in [0.15, 0.2) is 29.2 Å². The Morgan fingerprint density at radius 1 is 1.11 bits per heavy atom. The maximum atomic E-state index is 13.1. The molecule has 1 aromatic rings. The quantitative estimate of drug-likeness (QED) is 0.694. The normalized spacial score (nSPS) is 36.0. The lowest BCUT2D eigenvalue weighted by Gasteiger charge is -2.55. The highest BCUT2D eigenvalue weighted by Gasteiger charge is 2.55. The van der Waals surface area contributed by atoms with Gasteiger partial charge in [-0.2, -0.15) is 0 Å². The Bertz CT molecular complexity index is 757. The number of esters is 1. The summed E-state index contributed by atoms with van der Waals surface area (Å²) in [4.78, 5) is 29.0. The lowest BCUT2D eigenvalue weighted by Crippen LogP contribution is -2.51. The molecule has 4 nitrogen and oxygen atoms in total. The number of anilines is 1. The first-order valence-electron chi connectivity index (χ1n) is 10.8. The molecule has 0 spiro atoms. The van der Waals surface area contributed by atoms with Crippen molar-refractivity contribution in [3.8, 4) is 0 Å². The number of benzene rings is 1. The number of fused-ring (bicyclic) bond motifs is 1. The molecule has 6 rings (SSSR count). The second-order valence-corrected chi connectivity index (χ2v) is 11.0. The first-order valence-corrected chi connectivity index (χ1v) is 11.6. The van der Waals surface area contributed by atoms with E-state index < -0.39 is 0 Å². The topological polar surface area (TPSA) is 46.6 Å². The lowest BCUT2D eigenvalue weighted by atomic mass is 9.49. The van der Waals surface area contributed by atoms with Crippen molar-refractivity contribution in [1.82, 2.24) is 0 Å². The minimum atomic E-state index is -0.296. The molecule has 0 radical (unpaired) electrons. The van der Waals surface area contributed by atoms with Gasteiger partial charge in [0.15, 0.2) is 6.61 Å². The van der Waals surface area contributed by atoms with E-state index in [9.17, 15) is 9.59 Å². The third-order valence-electron chi connectivity index (χ3n) is 7.34. The number of nitrogens with zero attached hydrogens (tertiary/aromatic N) is 1. The van der Waals surface area contributed by atoms with Crippen molar-refractivity contribution in [2.75, 3.05) is 18.1 Å². The molecule has 5 aliphatic rings. The predicted octanol–water partition coefficient (Wildman–Crippen LogP) is 4.66. The molecule has 1 heterocycles. The number of carbonyl (C=O) groups excluding carboxylic acids is 2. The third kappa shape index (κ3) is 3.26. The van der Waals surface area contributed by atoms with Gasteiger partial charge in [-0.3, -0.25) is 9.59 Å². The number of thioether (sulfide) groups is 1. The highest BCUT2D eigenvalue weighted by atomic mass is 32.2. The molecule has 1 aromatic carbocycles. The molecule has 4 bridgehead atoms. The van der Waals surface area contributed by atoms with Crippen LogP contribution >= 0.6 is 11.8 Å². The van der Waals surface area contributed by atoms with Gasteiger partial charge in [0, 0.05) is 16.7 Å². The lowest BCUT2D eigenvalue weighted by molar-refractivity contribution is -0.172. The molecule has 150 valence electrons. The fourth-order valence-corrected chi connectivity index (χ4v) is 7.58. The third-order valence-corrected chi connectivity index (χ3v) is 8.58. The van der Waals surface area contributed by atoms with Crippen molar-refractivity contribution in [3.05, 3.63) is 24.3 Å². The summed E-state index contributed by atoms with van der Waals surface area (Å²) < 4.78 is 5.69. The Morgan fingerprint density at radius 3 is 2.43 bits per heavy atom. The zero-order valence-electron chi connectivity index (χ0n) is 16.6. The van der Waals surface area contributed by atoms with Crippen molar-refractivity contribution in [2.45, 2.75) is 62.0 Å². The fourth-order valence-electron chi connectivity index (χ4n) is 6.46. The van der Waals surface area contributed by atoms with E-state index in [1.807, 2.05) is 34.9 Å². The van der Waals surface area contributed by atoms with E-state index in [4.69, 9.17) is 4.74 Å². The highest BCUT2D eigenvalue weighted by Crippen LogP contribution is 2.60. The van der Waals surface area contributed by atoms with E-state index in [1.165, 1.54) is 19.3 Å². The van der Waals surface area contributed by atoms with Crippen LogP contribution in [0.1, 0.15) is 51.9 Å². The minimum Gasteiger partial charge on any atom is -0.455 e. The molecule has 0 unspecified atom stereocenters. The predicted molar refractivity (Wildman–Crippen MR) is 110 cm³/mol. The highest BCUT2D eigenvalue weighted by molar-refractivity contribution is 8.00. The number of rotatable bonds is 3. The molecular formula is C23H29NO3S. The molecule has 4 fully saturated rings. The van der Waals surface area contributed by atoms with Crippen molar-refractivity contribution in [3.63, 3.8) is 0 Å². The molecule has 4 aliphatic carbocycles. The van der Waals surface area contributed by atoms with Gasteiger partial charge in [-0.05, 0) is 74.8 Å². The van der Waals surface area contributed by atoms with Crippen molar-refractivity contribution in [2.24, 2.45) is 23.2 Å². The van der Waals surface area contributed by atoms with E-state index in [0.29, 0.717) is 29.5 Å². The monoisotopic (exact) mass is 399 g/mol. The summed E-state index contributed by atoms with van der Waals surface area (Å²) >= 11 is 1.82. The van der Waals surface area contributed by atoms with E-state index in [-0.39, 0.29) is 23.9 Å². The fraction of sp³-hybridized carbons (Fsp3) is 0.652. The number of hydrogen-bond acceptors (Lipinski definition) is 4. The summed E-state index contributed by atoms with van der Waals surface area (Å²) in [5.74, 6) is 1.90. The largest absolute Gasteiger partial charge is 0.455 e. The van der Waals surface area contributed by atoms with Crippen LogP contribution < -0.4 is 4.90 Å². The molecule has 1 atom stereocenters. The first kappa shape index (κ1) is 18.5. The maximum Gasteiger partial charge on any atom is 0.312 e. The van der Waals surface area contributed by atoms with E-state index in [0.717, 1.165) is 36.3 Å². The molecule has 0 N–H and O–H groups in total. The summed E-state index contributed by atoms with van der Waals surface area (Å²) in [6.45, 7) is 2.75. The van der Waals surface area contributed by atoms with Crippen LogP contribution in [0.5, 0.6) is 0 Å². The zero-order chi connectivity index (χ0) is 19.3. The number of amides is 1. The van der Waals surface area contributed by atoms with Crippen LogP contribution in [0.2, 0.25) is 0 Å². The summed E-state index contributed by atoms with van der Waals surface area (Å²) in [7, 11) is 0. The molecule has 5 heteroatoms. The Hall–Kier alpha value is -1.49. The summed E-state index contributed by atoms with van der Waals surface area (Å²) in [5.41, 5.74) is 0.656. The molecular weight excluding hydrogens is 370 g/mol. The Labute approximate surface area is 171 Å². The van der Waals surface area contributed by atoms with Gasteiger partial charge in [-0.15, -0.1) is 11.8 Å². The van der Waals surface area contributed by atoms with Crippen LogP contribution in [0, 0.1) is 23.2 Å². The summed E-state index contributed by atoms with van der Waals surface area (Å²) in [5, 5.41) is 0.466. The van der Waals surface area contributed by atoms with Gasteiger partial charge in [-0.25, -0.2) is 0 Å². The van der Waals surface area contributed by atoms with Gasteiger partial charge in [0.1, 0.15) is 0 Å². The maximum absolute atomic E-state index is 13.1. The molecule has 1 amide bonds. The van der Waals surface area contributed by atoms with Crippen LogP contribution in [-0.2, 0) is 14.3 Å². The van der Waals surface area contributed by atoms with E-state index in [1.54, 1.807) is 0 Å². The minimum absolute atomic E-state index is 0.0970. The van der Waals surface area contributed by atoms with Gasteiger partial charge in [0.05, 0.1) is 11.1 Å². The van der Waals surface area contributed by atoms with Gasteiger partial charge in [0.25, 0.3) is 5.91 Å². The summed E-state index contributed by atoms with van der Waals surface area (Å²) in [6.07, 6.45) is 7.77. The second kappa shape index (κ2) is 7.08. The van der Waals surface area contributed by atoms with Crippen molar-refractivity contribution >= 4 is 29.3 Å². The number of hydrogen-bond donors (Lipinski definition) is 0. The Kier molecular flexibility index (Phi) is 4.69. The Balaban J connectivity index is 1.27. The Morgan fingerprint density at radius 2 is 1.75 bits per heavy atom. The van der Waals surface area contributed by atoms with Crippen LogP contribution in [0.25, 0.3) is 0 Å². The van der Waals surface area contributed by atoms with E-state index >= 15 is 0 Å². The average molecular weight is 400 g/mol. The number of para-hydroxylation sites is 1. The SMILES string of the molecule is C[C@H]1CCN(C(=O)COC(=O)C23CC4CC(CC(C4)C2)C3)c2ccccc2S1. The van der Waals surface area contributed by atoms with E-state index in [2.05, 4.69) is 13.0 Å². The van der Waals surface area contributed by atoms with Gasteiger partial charge < -0.3 is 9.64 Å². The van der Waals surface area contributed by atoms with Crippen LogP contribution in [-0.4, -0.2) is 30.3 Å². The van der Waals surface area contributed by atoms with Crippen LogP contribution in [0.4, 0.5) is 5.69 Å². The number of carbonyl (C=O) groups is 2. The van der Waals surface area contributed by atoms with Crippen LogP contribution in [0.3, 0.4) is 0 Å². The molecule has 4 saturated carbocycles. The molecule has 1 aliphatic heterocycles. The molecule has 0 aromatic heterocycles. The standard InChI is InChI=1S/C23H29NO3S/c1-15-6-7-24(19-4-2-3-5-20(19)28-15)21(25)14-27-22(26)23-11-16-8-17(12-23)10-18(9-16)13-23/h2-5,15-18H,6-14H2,1H3/t15-,16?,17?,18?,23?/m0/s1. The molecule has 28 heavy (non-hydrogen) atoms. The van der Waals surface area contributed by atoms with Gasteiger partial charge >= 0.3 is 5.97 Å². The van der Waals surface area contributed by atoms with Gasteiger partial charge in [0.2, 0.25) is 0 Å². The second-order valence-electron chi connectivity index (χ2n) is 9.50. The summed E-state index contributed by atoms with van der Waals surface area (Å²) in [6, 6.07) is 8.05. The smallest absolute Gasteiger partial charge is 0.312 e. The number of ether oxygens (including phenoxy) is 1. The average Bonchev–Trinajstić information content (AvgIpc) is 2.83. The van der Waals surface area contributed by atoms with Crippen molar-refractivity contribution in [1.29, 1.82) is 0 Å². The van der Waals surface area contributed by atoms with Gasteiger partial charge in [-0.1, -0.05) is 19.1 Å².